The monoisotopic (exact) mass is 393 g/mol. The predicted molar refractivity (Wildman–Crippen MR) is 112 cm³/mol. The number of aryl methyl sites for hydroxylation is 1. The van der Waals surface area contributed by atoms with E-state index in [1.165, 1.54) is 5.56 Å². The summed E-state index contributed by atoms with van der Waals surface area (Å²) in [4.78, 5) is 39.8. The molecule has 1 aliphatic heterocycles. The normalized spacial score (nSPS) is 13.8. The number of nitrogens with one attached hydrogen (secondary N) is 1. The highest BCUT2D eigenvalue weighted by Gasteiger charge is 2.23. The number of carbonyl (C=O) groups is 3. The fourth-order valence-electron chi connectivity index (χ4n) is 3.41. The molecule has 0 aliphatic carbocycles. The zero-order valence-electron chi connectivity index (χ0n) is 16.8. The Morgan fingerprint density at radius 1 is 0.828 bits per heavy atom. The molecular weight excluding hydrogens is 366 g/mol. The number of amides is 3. The topological polar surface area (TPSA) is 69.7 Å². The maximum absolute atomic E-state index is 12.6. The molecule has 1 fully saturated rings. The van der Waals surface area contributed by atoms with E-state index in [1.54, 1.807) is 41.0 Å². The Hall–Kier alpha value is -3.15. The third kappa shape index (κ3) is 5.67. The molecule has 152 valence electrons. The number of hydrogen-bond donors (Lipinski definition) is 1. The third-order valence-corrected chi connectivity index (χ3v) is 5.18. The van der Waals surface area contributed by atoms with Crippen LogP contribution in [0.1, 0.15) is 39.6 Å². The molecule has 1 heterocycles. The molecule has 0 atom stereocenters. The van der Waals surface area contributed by atoms with Gasteiger partial charge in [-0.2, -0.15) is 0 Å². The number of rotatable bonds is 6. The number of hydrogen-bond acceptors (Lipinski definition) is 3. The molecule has 1 saturated heterocycles. The van der Waals surface area contributed by atoms with Crippen molar-refractivity contribution in [2.24, 2.45) is 0 Å². The van der Waals surface area contributed by atoms with Crippen LogP contribution in [0.5, 0.6) is 0 Å². The smallest absolute Gasteiger partial charge is 0.253 e. The van der Waals surface area contributed by atoms with Crippen molar-refractivity contribution in [3.8, 4) is 0 Å². The molecule has 6 nitrogen and oxygen atoms in total. The third-order valence-electron chi connectivity index (χ3n) is 5.18. The minimum absolute atomic E-state index is 0.0382. The average molecular weight is 393 g/mol. The Morgan fingerprint density at radius 2 is 1.41 bits per heavy atom. The molecule has 1 aliphatic rings. The maximum atomic E-state index is 12.6. The van der Waals surface area contributed by atoms with Crippen molar-refractivity contribution in [2.45, 2.75) is 19.8 Å². The van der Waals surface area contributed by atoms with Crippen molar-refractivity contribution in [1.29, 1.82) is 0 Å². The zero-order valence-corrected chi connectivity index (χ0v) is 16.8. The molecule has 1 N–H and O–H groups in total. The number of nitrogens with zero attached hydrogens (tertiary/aromatic N) is 2. The van der Waals surface area contributed by atoms with Crippen LogP contribution in [0.25, 0.3) is 0 Å². The van der Waals surface area contributed by atoms with Gasteiger partial charge >= 0.3 is 0 Å². The fraction of sp³-hybridized carbons (Fsp3) is 0.348. The first-order chi connectivity index (χ1) is 14.0. The Labute approximate surface area is 171 Å². The first-order valence-corrected chi connectivity index (χ1v) is 10.0. The summed E-state index contributed by atoms with van der Waals surface area (Å²) < 4.78 is 0. The number of piperazine rings is 1. The summed E-state index contributed by atoms with van der Waals surface area (Å²) in [5.74, 6) is -0.161. The average Bonchev–Trinajstić information content (AvgIpc) is 2.77. The van der Waals surface area contributed by atoms with Gasteiger partial charge in [0, 0.05) is 50.8 Å². The van der Waals surface area contributed by atoms with E-state index in [0.29, 0.717) is 43.9 Å². The molecule has 0 saturated carbocycles. The van der Waals surface area contributed by atoms with E-state index >= 15 is 0 Å². The highest BCUT2D eigenvalue weighted by molar-refractivity contribution is 5.97. The lowest BCUT2D eigenvalue weighted by Crippen LogP contribution is -2.50. The van der Waals surface area contributed by atoms with Crippen LogP contribution < -0.4 is 5.32 Å². The molecule has 0 bridgehead atoms. The molecular formula is C23H27N3O3. The Bertz CT molecular complexity index is 841. The van der Waals surface area contributed by atoms with E-state index in [-0.39, 0.29) is 17.7 Å². The van der Waals surface area contributed by atoms with Crippen molar-refractivity contribution >= 4 is 17.7 Å². The second kappa shape index (κ2) is 9.87. The van der Waals surface area contributed by atoms with Gasteiger partial charge in [-0.05, 0) is 42.7 Å². The van der Waals surface area contributed by atoms with E-state index in [4.69, 9.17) is 0 Å². The standard InChI is InChI=1S/C23H27N3O3/c1-18(27)25-14-16-26(17-15-25)23(29)21-11-9-20(10-12-21)22(28)24-13-5-8-19-6-3-2-4-7-19/h2-4,6-7,9-12H,5,8,13-17H2,1H3,(H,24,28). The molecule has 3 rings (SSSR count). The summed E-state index contributed by atoms with van der Waals surface area (Å²) in [5.41, 5.74) is 2.36. The van der Waals surface area contributed by atoms with Gasteiger partial charge in [0.05, 0.1) is 0 Å². The van der Waals surface area contributed by atoms with E-state index < -0.39 is 0 Å². The van der Waals surface area contributed by atoms with Crippen LogP contribution in [0.3, 0.4) is 0 Å². The Morgan fingerprint density at radius 3 is 2.03 bits per heavy atom. The van der Waals surface area contributed by atoms with Crippen LogP contribution in [0.4, 0.5) is 0 Å². The van der Waals surface area contributed by atoms with Gasteiger partial charge in [-0.1, -0.05) is 30.3 Å². The lowest BCUT2D eigenvalue weighted by molar-refractivity contribution is -0.130. The first kappa shape index (κ1) is 20.6. The van der Waals surface area contributed by atoms with E-state index in [1.807, 2.05) is 18.2 Å². The summed E-state index contributed by atoms with van der Waals surface area (Å²) in [6.45, 7) is 4.33. The van der Waals surface area contributed by atoms with Gasteiger partial charge in [-0.15, -0.1) is 0 Å². The molecule has 3 amide bonds. The van der Waals surface area contributed by atoms with Crippen LogP contribution in [-0.4, -0.2) is 60.2 Å². The number of benzene rings is 2. The summed E-state index contributed by atoms with van der Waals surface area (Å²) in [6.07, 6.45) is 1.80. The molecule has 0 radical (unpaired) electrons. The first-order valence-electron chi connectivity index (χ1n) is 10.0. The number of carbonyl (C=O) groups excluding carboxylic acids is 3. The van der Waals surface area contributed by atoms with Gasteiger partial charge in [0.1, 0.15) is 0 Å². The summed E-state index contributed by atoms with van der Waals surface area (Å²) in [7, 11) is 0. The Kier molecular flexibility index (Phi) is 7.00. The van der Waals surface area contributed by atoms with Crippen LogP contribution >= 0.6 is 0 Å². The van der Waals surface area contributed by atoms with Crippen molar-refractivity contribution in [3.63, 3.8) is 0 Å². The quantitative estimate of drug-likeness (QED) is 0.766. The van der Waals surface area contributed by atoms with Gasteiger partial charge in [-0.3, -0.25) is 14.4 Å². The molecule has 0 aromatic heterocycles. The van der Waals surface area contributed by atoms with Crippen molar-refractivity contribution in [2.75, 3.05) is 32.7 Å². The highest BCUT2D eigenvalue weighted by Crippen LogP contribution is 2.11. The summed E-state index contributed by atoms with van der Waals surface area (Å²) in [5, 5.41) is 2.92. The Balaban J connectivity index is 1.46. The minimum Gasteiger partial charge on any atom is -0.352 e. The van der Waals surface area contributed by atoms with Gasteiger partial charge in [0.2, 0.25) is 5.91 Å². The lowest BCUT2D eigenvalue weighted by Gasteiger charge is -2.34. The second-order valence-electron chi connectivity index (χ2n) is 7.22. The molecule has 2 aromatic carbocycles. The van der Waals surface area contributed by atoms with E-state index in [0.717, 1.165) is 12.8 Å². The zero-order chi connectivity index (χ0) is 20.6. The lowest BCUT2D eigenvalue weighted by atomic mass is 10.1. The predicted octanol–water partition coefficient (Wildman–Crippen LogP) is 2.35. The van der Waals surface area contributed by atoms with Crippen LogP contribution in [0, 0.1) is 0 Å². The van der Waals surface area contributed by atoms with Crippen LogP contribution in [-0.2, 0) is 11.2 Å². The van der Waals surface area contributed by atoms with Crippen molar-refractivity contribution in [1.82, 2.24) is 15.1 Å². The molecule has 29 heavy (non-hydrogen) atoms. The molecule has 2 aromatic rings. The van der Waals surface area contributed by atoms with E-state index in [9.17, 15) is 14.4 Å². The van der Waals surface area contributed by atoms with Gasteiger partial charge in [-0.25, -0.2) is 0 Å². The van der Waals surface area contributed by atoms with Crippen molar-refractivity contribution < 1.29 is 14.4 Å². The van der Waals surface area contributed by atoms with Crippen molar-refractivity contribution in [3.05, 3.63) is 71.3 Å². The fourth-order valence-corrected chi connectivity index (χ4v) is 3.41. The molecule has 6 heteroatoms. The molecule has 0 spiro atoms. The summed E-state index contributed by atoms with van der Waals surface area (Å²) in [6, 6.07) is 16.9. The SMILES string of the molecule is CC(=O)N1CCN(C(=O)c2ccc(C(=O)NCCCc3ccccc3)cc2)CC1. The summed E-state index contributed by atoms with van der Waals surface area (Å²) >= 11 is 0. The second-order valence-corrected chi connectivity index (χ2v) is 7.22. The van der Waals surface area contributed by atoms with Crippen LogP contribution in [0.2, 0.25) is 0 Å². The van der Waals surface area contributed by atoms with Gasteiger partial charge < -0.3 is 15.1 Å². The van der Waals surface area contributed by atoms with Gasteiger partial charge in [0.15, 0.2) is 0 Å². The highest BCUT2D eigenvalue weighted by atomic mass is 16.2. The van der Waals surface area contributed by atoms with Gasteiger partial charge in [0.25, 0.3) is 11.8 Å². The maximum Gasteiger partial charge on any atom is 0.253 e. The molecule has 0 unspecified atom stereocenters. The van der Waals surface area contributed by atoms with E-state index in [2.05, 4.69) is 17.4 Å². The minimum atomic E-state index is -0.132. The van der Waals surface area contributed by atoms with Crippen LogP contribution in [0.15, 0.2) is 54.6 Å². The largest absolute Gasteiger partial charge is 0.352 e.